The molecule has 1 saturated carbocycles. The van der Waals surface area contributed by atoms with Crippen LogP contribution in [0.2, 0.25) is 0 Å². The Labute approximate surface area is 168 Å². The first-order valence-corrected chi connectivity index (χ1v) is 10.1. The topological polar surface area (TPSA) is 84.5 Å². The fourth-order valence-corrected chi connectivity index (χ4v) is 3.97. The van der Waals surface area contributed by atoms with Crippen LogP contribution in [0.3, 0.4) is 0 Å². The van der Waals surface area contributed by atoms with E-state index in [2.05, 4.69) is 10.6 Å². The lowest BCUT2D eigenvalue weighted by Crippen LogP contribution is -2.16. The molecule has 1 aromatic heterocycles. The van der Waals surface area contributed by atoms with E-state index in [1.807, 2.05) is 32.0 Å². The first-order chi connectivity index (χ1) is 13.3. The van der Waals surface area contributed by atoms with Crippen LogP contribution in [0, 0.1) is 26.7 Å². The molecule has 7 heteroatoms. The number of aryl methyl sites for hydroxylation is 2. The molecule has 3 rings (SSSR count). The van der Waals surface area contributed by atoms with Crippen molar-refractivity contribution in [1.82, 2.24) is 0 Å². The number of hydrogen-bond acceptors (Lipinski definition) is 5. The summed E-state index contributed by atoms with van der Waals surface area (Å²) in [6.45, 7) is 7.51. The molecule has 2 amide bonds. The summed E-state index contributed by atoms with van der Waals surface area (Å²) in [6.07, 6.45) is 1.70. The summed E-state index contributed by atoms with van der Waals surface area (Å²) in [6, 6.07) is 5.82. The number of thiophene rings is 1. The van der Waals surface area contributed by atoms with E-state index in [1.165, 1.54) is 0 Å². The van der Waals surface area contributed by atoms with Crippen molar-refractivity contribution >= 4 is 39.8 Å². The maximum Gasteiger partial charge on any atom is 0.341 e. The molecule has 1 aliphatic rings. The number of benzene rings is 1. The molecule has 6 nitrogen and oxygen atoms in total. The Balaban J connectivity index is 1.93. The fraction of sp³-hybridized carbons (Fsp3) is 0.381. The Hall–Kier alpha value is -2.67. The summed E-state index contributed by atoms with van der Waals surface area (Å²) in [5.41, 5.74) is 3.47. The minimum atomic E-state index is -0.534. The zero-order chi connectivity index (χ0) is 20.4. The first kappa shape index (κ1) is 20.1. The van der Waals surface area contributed by atoms with E-state index in [1.54, 1.807) is 13.8 Å². The van der Waals surface area contributed by atoms with Crippen LogP contribution in [0.25, 0.3) is 0 Å². The van der Waals surface area contributed by atoms with Crippen LogP contribution in [0.1, 0.15) is 56.5 Å². The Morgan fingerprint density at radius 2 is 1.86 bits per heavy atom. The highest BCUT2D eigenvalue weighted by molar-refractivity contribution is 7.19. The molecule has 0 spiro atoms. The van der Waals surface area contributed by atoms with Crippen LogP contribution in [-0.2, 0) is 9.53 Å². The normalized spacial score (nSPS) is 13.1. The van der Waals surface area contributed by atoms with Gasteiger partial charge in [0.15, 0.2) is 0 Å². The molecule has 0 unspecified atom stereocenters. The second kappa shape index (κ2) is 8.14. The van der Waals surface area contributed by atoms with Gasteiger partial charge in [0, 0.05) is 11.6 Å². The Morgan fingerprint density at radius 1 is 1.14 bits per heavy atom. The maximum absolute atomic E-state index is 12.9. The van der Waals surface area contributed by atoms with E-state index in [0.29, 0.717) is 15.4 Å². The highest BCUT2D eigenvalue weighted by Gasteiger charge is 2.33. The lowest BCUT2D eigenvalue weighted by molar-refractivity contribution is -0.117. The number of carbonyl (C=O) groups excluding carboxylic acids is 3. The van der Waals surface area contributed by atoms with Crippen LogP contribution in [0.4, 0.5) is 10.7 Å². The van der Waals surface area contributed by atoms with Gasteiger partial charge in [-0.1, -0.05) is 12.1 Å². The Bertz CT molecular complexity index is 944. The number of nitrogens with one attached hydrogen (secondary N) is 2. The van der Waals surface area contributed by atoms with Crippen LogP contribution < -0.4 is 10.6 Å². The average molecular weight is 401 g/mol. The number of amides is 2. The SMILES string of the molecule is CCOC(=O)c1c(NC(=O)C2CC2)sc(C(=O)Nc2cc(C)ccc2C)c1C. The Kier molecular flexibility index (Phi) is 5.84. The summed E-state index contributed by atoms with van der Waals surface area (Å²) in [5, 5.41) is 6.10. The molecule has 0 atom stereocenters. The second-order valence-electron chi connectivity index (χ2n) is 7.02. The van der Waals surface area contributed by atoms with E-state index < -0.39 is 5.97 Å². The second-order valence-corrected chi connectivity index (χ2v) is 8.04. The van der Waals surface area contributed by atoms with Crippen LogP contribution >= 0.6 is 11.3 Å². The van der Waals surface area contributed by atoms with Gasteiger partial charge in [-0.05, 0) is 63.3 Å². The zero-order valence-corrected chi connectivity index (χ0v) is 17.3. The summed E-state index contributed by atoms with van der Waals surface area (Å²) in [4.78, 5) is 38.0. The van der Waals surface area contributed by atoms with Crippen molar-refractivity contribution < 1.29 is 19.1 Å². The van der Waals surface area contributed by atoms with Gasteiger partial charge in [-0.25, -0.2) is 4.79 Å². The maximum atomic E-state index is 12.9. The molecule has 1 fully saturated rings. The smallest absolute Gasteiger partial charge is 0.341 e. The Morgan fingerprint density at radius 3 is 2.50 bits per heavy atom. The van der Waals surface area contributed by atoms with Crippen LogP contribution in [0.15, 0.2) is 18.2 Å². The van der Waals surface area contributed by atoms with Crippen LogP contribution in [-0.4, -0.2) is 24.4 Å². The van der Waals surface area contributed by atoms with Crippen molar-refractivity contribution in [3.05, 3.63) is 45.3 Å². The number of anilines is 2. The van der Waals surface area contributed by atoms with Crippen molar-refractivity contribution in [3.63, 3.8) is 0 Å². The number of carbonyl (C=O) groups is 3. The minimum absolute atomic E-state index is 0.00956. The molecule has 2 aromatic rings. The van der Waals surface area contributed by atoms with E-state index in [4.69, 9.17) is 4.74 Å². The van der Waals surface area contributed by atoms with E-state index in [-0.39, 0.29) is 29.9 Å². The third kappa shape index (κ3) is 4.25. The third-order valence-electron chi connectivity index (χ3n) is 4.66. The van der Waals surface area contributed by atoms with Gasteiger partial charge in [-0.2, -0.15) is 0 Å². The van der Waals surface area contributed by atoms with E-state index in [0.717, 1.165) is 41.0 Å². The molecule has 148 valence electrons. The lowest BCUT2D eigenvalue weighted by atomic mass is 10.1. The van der Waals surface area contributed by atoms with Gasteiger partial charge in [0.1, 0.15) is 5.00 Å². The largest absolute Gasteiger partial charge is 0.462 e. The van der Waals surface area contributed by atoms with Gasteiger partial charge in [0.2, 0.25) is 5.91 Å². The average Bonchev–Trinajstić information content (AvgIpc) is 3.43. The molecule has 0 radical (unpaired) electrons. The van der Waals surface area contributed by atoms with Crippen molar-refractivity contribution in [2.24, 2.45) is 5.92 Å². The van der Waals surface area contributed by atoms with Gasteiger partial charge in [0.25, 0.3) is 5.91 Å². The minimum Gasteiger partial charge on any atom is -0.462 e. The molecular formula is C21H24N2O4S. The van der Waals surface area contributed by atoms with Crippen LogP contribution in [0.5, 0.6) is 0 Å². The molecule has 1 heterocycles. The zero-order valence-electron chi connectivity index (χ0n) is 16.5. The standard InChI is InChI=1S/C21H24N2O4S/c1-5-27-21(26)16-13(4)17(28-20(16)23-18(24)14-8-9-14)19(25)22-15-10-11(2)6-7-12(15)3/h6-7,10,14H,5,8-9H2,1-4H3,(H,22,25)(H,23,24). The van der Waals surface area contributed by atoms with Gasteiger partial charge in [0.05, 0.1) is 17.0 Å². The fourth-order valence-electron chi connectivity index (χ4n) is 2.88. The van der Waals surface area contributed by atoms with Gasteiger partial charge < -0.3 is 15.4 Å². The summed E-state index contributed by atoms with van der Waals surface area (Å²) < 4.78 is 5.14. The number of rotatable bonds is 6. The number of hydrogen-bond donors (Lipinski definition) is 2. The third-order valence-corrected chi connectivity index (χ3v) is 5.86. The van der Waals surface area contributed by atoms with Crippen molar-refractivity contribution in [2.75, 3.05) is 17.2 Å². The number of ether oxygens (including phenoxy) is 1. The molecular weight excluding hydrogens is 376 g/mol. The van der Waals surface area contributed by atoms with E-state index >= 15 is 0 Å². The summed E-state index contributed by atoms with van der Waals surface area (Å²) in [7, 11) is 0. The van der Waals surface area contributed by atoms with Gasteiger partial charge in [-0.3, -0.25) is 9.59 Å². The van der Waals surface area contributed by atoms with Crippen molar-refractivity contribution in [3.8, 4) is 0 Å². The quantitative estimate of drug-likeness (QED) is 0.702. The molecule has 2 N–H and O–H groups in total. The van der Waals surface area contributed by atoms with Crippen molar-refractivity contribution in [2.45, 2.75) is 40.5 Å². The molecule has 0 saturated heterocycles. The van der Waals surface area contributed by atoms with E-state index in [9.17, 15) is 14.4 Å². The van der Waals surface area contributed by atoms with Crippen molar-refractivity contribution in [1.29, 1.82) is 0 Å². The molecule has 1 aromatic carbocycles. The monoisotopic (exact) mass is 400 g/mol. The highest BCUT2D eigenvalue weighted by atomic mass is 32.1. The number of esters is 1. The summed E-state index contributed by atoms with van der Waals surface area (Å²) >= 11 is 1.11. The molecule has 0 bridgehead atoms. The first-order valence-electron chi connectivity index (χ1n) is 9.31. The predicted octanol–water partition coefficient (Wildman–Crippen LogP) is 4.45. The lowest BCUT2D eigenvalue weighted by Gasteiger charge is -2.09. The van der Waals surface area contributed by atoms with Gasteiger partial charge in [-0.15, -0.1) is 11.3 Å². The predicted molar refractivity (Wildman–Crippen MR) is 110 cm³/mol. The summed E-state index contributed by atoms with van der Waals surface area (Å²) in [5.74, 6) is -0.972. The molecule has 0 aliphatic heterocycles. The highest BCUT2D eigenvalue weighted by Crippen LogP contribution is 2.37. The molecule has 28 heavy (non-hydrogen) atoms. The molecule has 1 aliphatic carbocycles. The van der Waals surface area contributed by atoms with Gasteiger partial charge >= 0.3 is 5.97 Å².